The number of morpholine rings is 1. The second-order valence-corrected chi connectivity index (χ2v) is 6.44. The lowest BCUT2D eigenvalue weighted by atomic mass is 10.2. The third-order valence-electron chi connectivity index (χ3n) is 3.25. The van der Waals surface area contributed by atoms with Crippen LogP contribution in [0.2, 0.25) is 0 Å². The van der Waals surface area contributed by atoms with Gasteiger partial charge in [-0.25, -0.2) is 9.78 Å². The molecule has 1 aromatic heterocycles. The van der Waals surface area contributed by atoms with Gasteiger partial charge in [-0.05, 0) is 32.9 Å². The van der Waals surface area contributed by atoms with Crippen LogP contribution in [0, 0.1) is 0 Å². The van der Waals surface area contributed by atoms with E-state index < -0.39 is 11.7 Å². The molecule has 0 atom stereocenters. The Hall–Kier alpha value is -1.86. The predicted molar refractivity (Wildman–Crippen MR) is 89.8 cm³/mol. The van der Waals surface area contributed by atoms with Crippen molar-refractivity contribution in [2.24, 2.45) is 0 Å². The van der Waals surface area contributed by atoms with Gasteiger partial charge in [-0.1, -0.05) is 0 Å². The highest BCUT2D eigenvalue weighted by molar-refractivity contribution is 5.84. The number of nitrogens with zero attached hydrogens (tertiary/aromatic N) is 2. The molecule has 128 valence electrons. The Morgan fingerprint density at radius 1 is 1.35 bits per heavy atom. The summed E-state index contributed by atoms with van der Waals surface area (Å²) in [5.74, 6) is 0.785. The average molecular weight is 322 g/mol. The Bertz CT molecular complexity index is 493. The zero-order chi connectivity index (χ0) is 16.7. The molecular formula is C16H26N4O3. The molecule has 0 spiro atoms. The van der Waals surface area contributed by atoms with Crippen LogP contribution in [0.25, 0.3) is 0 Å². The molecule has 1 saturated heterocycles. The van der Waals surface area contributed by atoms with Crippen LogP contribution in [0.15, 0.2) is 18.3 Å². The molecule has 0 radical (unpaired) electrons. The van der Waals surface area contributed by atoms with Crippen molar-refractivity contribution in [2.75, 3.05) is 50.0 Å². The first-order valence-corrected chi connectivity index (χ1v) is 7.92. The van der Waals surface area contributed by atoms with Crippen molar-refractivity contribution in [2.45, 2.75) is 26.4 Å². The van der Waals surface area contributed by atoms with E-state index in [9.17, 15) is 4.79 Å². The fraction of sp³-hybridized carbons (Fsp3) is 0.625. The molecule has 1 aliphatic rings. The van der Waals surface area contributed by atoms with Crippen LogP contribution in [0.4, 0.5) is 16.3 Å². The Kier molecular flexibility index (Phi) is 6.18. The molecule has 2 N–H and O–H groups in total. The highest BCUT2D eigenvalue weighted by Gasteiger charge is 2.16. The largest absolute Gasteiger partial charge is 0.444 e. The van der Waals surface area contributed by atoms with Crippen LogP contribution >= 0.6 is 0 Å². The van der Waals surface area contributed by atoms with Gasteiger partial charge < -0.3 is 14.8 Å². The molecule has 1 amide bonds. The normalized spacial score (nSPS) is 16.0. The lowest BCUT2D eigenvalue weighted by molar-refractivity contribution is 0.0398. The Morgan fingerprint density at radius 2 is 2.09 bits per heavy atom. The number of ether oxygens (including phenoxy) is 2. The summed E-state index contributed by atoms with van der Waals surface area (Å²) >= 11 is 0. The topological polar surface area (TPSA) is 75.7 Å². The van der Waals surface area contributed by atoms with Gasteiger partial charge in [0.1, 0.15) is 11.4 Å². The summed E-state index contributed by atoms with van der Waals surface area (Å²) < 4.78 is 10.5. The first-order valence-electron chi connectivity index (χ1n) is 7.92. The fourth-order valence-corrected chi connectivity index (χ4v) is 2.16. The third-order valence-corrected chi connectivity index (χ3v) is 3.25. The number of anilines is 2. The monoisotopic (exact) mass is 322 g/mol. The van der Waals surface area contributed by atoms with Crippen LogP contribution in [-0.4, -0.2) is 61.0 Å². The zero-order valence-electron chi connectivity index (χ0n) is 14.1. The molecule has 1 aromatic rings. The Balaban J connectivity index is 1.72. The number of pyridine rings is 1. The van der Waals surface area contributed by atoms with Crippen molar-refractivity contribution in [1.29, 1.82) is 0 Å². The number of hydrogen-bond acceptors (Lipinski definition) is 6. The molecule has 0 unspecified atom stereocenters. The summed E-state index contributed by atoms with van der Waals surface area (Å²) in [5.41, 5.74) is 0.0939. The Labute approximate surface area is 137 Å². The van der Waals surface area contributed by atoms with E-state index in [1.165, 1.54) is 0 Å². The molecule has 1 aliphatic heterocycles. The van der Waals surface area contributed by atoms with E-state index in [2.05, 4.69) is 20.5 Å². The molecule has 7 heteroatoms. The van der Waals surface area contributed by atoms with Gasteiger partial charge in [-0.2, -0.15) is 0 Å². The highest BCUT2D eigenvalue weighted by atomic mass is 16.6. The van der Waals surface area contributed by atoms with E-state index in [0.717, 1.165) is 45.2 Å². The quantitative estimate of drug-likeness (QED) is 0.865. The third kappa shape index (κ3) is 6.83. The van der Waals surface area contributed by atoms with E-state index in [1.807, 2.05) is 26.8 Å². The van der Waals surface area contributed by atoms with Gasteiger partial charge in [-0.15, -0.1) is 0 Å². The van der Waals surface area contributed by atoms with E-state index >= 15 is 0 Å². The predicted octanol–water partition coefficient (Wildman–Crippen LogP) is 2.17. The maximum atomic E-state index is 11.7. The van der Waals surface area contributed by atoms with Crippen molar-refractivity contribution in [3.8, 4) is 0 Å². The van der Waals surface area contributed by atoms with Gasteiger partial charge >= 0.3 is 6.09 Å². The lowest BCUT2D eigenvalue weighted by Gasteiger charge is -2.26. The van der Waals surface area contributed by atoms with Crippen molar-refractivity contribution < 1.29 is 14.3 Å². The average Bonchev–Trinajstić information content (AvgIpc) is 2.48. The van der Waals surface area contributed by atoms with Crippen LogP contribution in [0.3, 0.4) is 0 Å². The number of rotatable bonds is 5. The van der Waals surface area contributed by atoms with Crippen molar-refractivity contribution >= 4 is 17.6 Å². The second kappa shape index (κ2) is 8.12. The van der Waals surface area contributed by atoms with Gasteiger partial charge in [-0.3, -0.25) is 10.2 Å². The molecule has 0 aliphatic carbocycles. The minimum absolute atomic E-state index is 0.479. The van der Waals surface area contributed by atoms with E-state index in [-0.39, 0.29) is 0 Å². The molecule has 2 heterocycles. The highest BCUT2D eigenvalue weighted by Crippen LogP contribution is 2.12. The first-order chi connectivity index (χ1) is 10.9. The van der Waals surface area contributed by atoms with Crippen LogP contribution < -0.4 is 10.6 Å². The second-order valence-electron chi connectivity index (χ2n) is 6.44. The van der Waals surface area contributed by atoms with Crippen molar-refractivity contribution in [3.05, 3.63) is 18.3 Å². The molecule has 1 fully saturated rings. The van der Waals surface area contributed by atoms with E-state index in [4.69, 9.17) is 9.47 Å². The van der Waals surface area contributed by atoms with Crippen LogP contribution in [0.5, 0.6) is 0 Å². The summed E-state index contributed by atoms with van der Waals surface area (Å²) in [4.78, 5) is 18.3. The maximum Gasteiger partial charge on any atom is 0.412 e. The summed E-state index contributed by atoms with van der Waals surface area (Å²) in [5, 5.41) is 5.93. The summed E-state index contributed by atoms with van der Waals surface area (Å²) in [6, 6.07) is 3.64. The molecule has 7 nitrogen and oxygen atoms in total. The van der Waals surface area contributed by atoms with Gasteiger partial charge in [0.05, 0.1) is 25.1 Å². The number of carbonyl (C=O) groups excluding carboxylic acids is 1. The minimum atomic E-state index is -0.515. The molecule has 0 saturated carbocycles. The minimum Gasteiger partial charge on any atom is -0.444 e. The number of carbonyl (C=O) groups is 1. The summed E-state index contributed by atoms with van der Waals surface area (Å²) in [7, 11) is 0. The van der Waals surface area contributed by atoms with E-state index in [1.54, 1.807) is 12.3 Å². The number of amides is 1. The molecular weight excluding hydrogens is 296 g/mol. The molecule has 2 rings (SSSR count). The summed E-state index contributed by atoms with van der Waals surface area (Å²) in [6.07, 6.45) is 1.13. The standard InChI is InChI=1S/C16H26N4O3/c1-16(2,3)23-15(21)19-13-4-5-14(18-12-13)17-6-7-20-8-10-22-11-9-20/h4-5,12H,6-11H2,1-3H3,(H,17,18)(H,19,21). The SMILES string of the molecule is CC(C)(C)OC(=O)Nc1ccc(NCCN2CCOCC2)nc1. The number of nitrogens with one attached hydrogen (secondary N) is 2. The van der Waals surface area contributed by atoms with Crippen molar-refractivity contribution in [1.82, 2.24) is 9.88 Å². The van der Waals surface area contributed by atoms with Gasteiger partial charge in [0.2, 0.25) is 0 Å². The molecule has 23 heavy (non-hydrogen) atoms. The lowest BCUT2D eigenvalue weighted by Crippen LogP contribution is -2.39. The molecule has 0 aromatic carbocycles. The maximum absolute atomic E-state index is 11.7. The number of aromatic nitrogens is 1. The van der Waals surface area contributed by atoms with Crippen molar-refractivity contribution in [3.63, 3.8) is 0 Å². The fourth-order valence-electron chi connectivity index (χ4n) is 2.16. The van der Waals surface area contributed by atoms with Gasteiger partial charge in [0, 0.05) is 26.2 Å². The zero-order valence-corrected chi connectivity index (χ0v) is 14.1. The van der Waals surface area contributed by atoms with Gasteiger partial charge in [0.15, 0.2) is 0 Å². The molecule has 0 bridgehead atoms. The first kappa shape index (κ1) is 17.5. The van der Waals surface area contributed by atoms with Crippen LogP contribution in [0.1, 0.15) is 20.8 Å². The van der Waals surface area contributed by atoms with Gasteiger partial charge in [0.25, 0.3) is 0 Å². The van der Waals surface area contributed by atoms with E-state index in [0.29, 0.717) is 5.69 Å². The summed E-state index contributed by atoms with van der Waals surface area (Å²) in [6.45, 7) is 10.8. The Morgan fingerprint density at radius 3 is 2.70 bits per heavy atom. The smallest absolute Gasteiger partial charge is 0.412 e. The number of hydrogen-bond donors (Lipinski definition) is 2. The van der Waals surface area contributed by atoms with Crippen LogP contribution in [-0.2, 0) is 9.47 Å².